The van der Waals surface area contributed by atoms with E-state index in [0.29, 0.717) is 25.7 Å². The standard InChI is InChI=1S/C13H29NO3/c1-4-5-6-17-10-13(16)8-14-12(9-15)7-11(2)3/h11-16H,4-10H2,1-3H3. The van der Waals surface area contributed by atoms with Crippen molar-refractivity contribution in [2.75, 3.05) is 26.4 Å². The minimum atomic E-state index is -0.493. The molecular weight excluding hydrogens is 218 g/mol. The number of rotatable bonds is 11. The van der Waals surface area contributed by atoms with Gasteiger partial charge in [0.05, 0.1) is 19.3 Å². The molecule has 104 valence electrons. The molecule has 0 amide bonds. The first-order chi connectivity index (χ1) is 8.10. The summed E-state index contributed by atoms with van der Waals surface area (Å²) in [7, 11) is 0. The van der Waals surface area contributed by atoms with E-state index in [1.54, 1.807) is 0 Å². The second-order valence-electron chi connectivity index (χ2n) is 5.00. The Morgan fingerprint density at radius 3 is 2.53 bits per heavy atom. The topological polar surface area (TPSA) is 61.7 Å². The van der Waals surface area contributed by atoms with E-state index in [-0.39, 0.29) is 12.6 Å². The van der Waals surface area contributed by atoms with Gasteiger partial charge in [0, 0.05) is 19.2 Å². The zero-order valence-electron chi connectivity index (χ0n) is 11.5. The first kappa shape index (κ1) is 16.8. The van der Waals surface area contributed by atoms with E-state index in [2.05, 4.69) is 26.1 Å². The van der Waals surface area contributed by atoms with Crippen molar-refractivity contribution < 1.29 is 14.9 Å². The van der Waals surface area contributed by atoms with Gasteiger partial charge >= 0.3 is 0 Å². The van der Waals surface area contributed by atoms with Crippen molar-refractivity contribution in [3.63, 3.8) is 0 Å². The van der Waals surface area contributed by atoms with Gasteiger partial charge in [0.25, 0.3) is 0 Å². The molecule has 0 saturated carbocycles. The molecule has 0 saturated heterocycles. The molecule has 17 heavy (non-hydrogen) atoms. The van der Waals surface area contributed by atoms with Crippen LogP contribution in [-0.2, 0) is 4.74 Å². The van der Waals surface area contributed by atoms with Crippen LogP contribution in [0.15, 0.2) is 0 Å². The Morgan fingerprint density at radius 1 is 1.29 bits per heavy atom. The monoisotopic (exact) mass is 247 g/mol. The lowest BCUT2D eigenvalue weighted by atomic mass is 10.0. The van der Waals surface area contributed by atoms with Gasteiger partial charge in [-0.25, -0.2) is 0 Å². The van der Waals surface area contributed by atoms with Crippen LogP contribution in [0.5, 0.6) is 0 Å². The van der Waals surface area contributed by atoms with E-state index in [0.717, 1.165) is 19.3 Å². The highest BCUT2D eigenvalue weighted by molar-refractivity contribution is 4.69. The fourth-order valence-corrected chi connectivity index (χ4v) is 1.62. The van der Waals surface area contributed by atoms with E-state index in [9.17, 15) is 5.11 Å². The first-order valence-corrected chi connectivity index (χ1v) is 6.70. The van der Waals surface area contributed by atoms with Crippen molar-refractivity contribution in [3.8, 4) is 0 Å². The summed E-state index contributed by atoms with van der Waals surface area (Å²) in [6.45, 7) is 8.02. The van der Waals surface area contributed by atoms with Crippen LogP contribution in [0.2, 0.25) is 0 Å². The molecule has 0 radical (unpaired) electrons. The van der Waals surface area contributed by atoms with Gasteiger partial charge in [0.1, 0.15) is 0 Å². The Balaban J connectivity index is 3.55. The predicted molar refractivity (Wildman–Crippen MR) is 70.1 cm³/mol. The number of unbranched alkanes of at least 4 members (excludes halogenated alkanes) is 1. The molecule has 0 aromatic carbocycles. The maximum Gasteiger partial charge on any atom is 0.0897 e. The number of ether oxygens (including phenoxy) is 1. The Morgan fingerprint density at radius 2 is 2.00 bits per heavy atom. The van der Waals surface area contributed by atoms with Crippen LogP contribution in [-0.4, -0.2) is 48.7 Å². The molecule has 0 heterocycles. The molecule has 0 aromatic rings. The van der Waals surface area contributed by atoms with E-state index >= 15 is 0 Å². The Labute approximate surface area is 105 Å². The third-order valence-electron chi connectivity index (χ3n) is 2.57. The van der Waals surface area contributed by atoms with Gasteiger partial charge in [-0.1, -0.05) is 27.2 Å². The summed E-state index contributed by atoms with van der Waals surface area (Å²) >= 11 is 0. The van der Waals surface area contributed by atoms with E-state index in [1.807, 2.05) is 0 Å². The molecule has 2 atom stereocenters. The second-order valence-corrected chi connectivity index (χ2v) is 5.00. The molecule has 0 aliphatic heterocycles. The van der Waals surface area contributed by atoms with Crippen LogP contribution < -0.4 is 5.32 Å². The summed E-state index contributed by atoms with van der Waals surface area (Å²) < 4.78 is 5.33. The van der Waals surface area contributed by atoms with Crippen LogP contribution in [0.3, 0.4) is 0 Å². The number of hydrogen-bond acceptors (Lipinski definition) is 4. The van der Waals surface area contributed by atoms with Crippen LogP contribution in [0.1, 0.15) is 40.0 Å². The average molecular weight is 247 g/mol. The summed E-state index contributed by atoms with van der Waals surface area (Å²) in [4.78, 5) is 0. The molecule has 0 fully saturated rings. The number of nitrogens with one attached hydrogen (secondary N) is 1. The van der Waals surface area contributed by atoms with Gasteiger partial charge in [0.15, 0.2) is 0 Å². The molecule has 4 nitrogen and oxygen atoms in total. The minimum Gasteiger partial charge on any atom is -0.395 e. The lowest BCUT2D eigenvalue weighted by Crippen LogP contribution is -2.40. The SMILES string of the molecule is CCCCOCC(O)CNC(CO)CC(C)C. The van der Waals surface area contributed by atoms with Crippen molar-refractivity contribution in [3.05, 3.63) is 0 Å². The number of aliphatic hydroxyl groups excluding tert-OH is 2. The van der Waals surface area contributed by atoms with Crippen molar-refractivity contribution in [2.24, 2.45) is 5.92 Å². The van der Waals surface area contributed by atoms with Crippen molar-refractivity contribution in [2.45, 2.75) is 52.2 Å². The quantitative estimate of drug-likeness (QED) is 0.480. The average Bonchev–Trinajstić information content (AvgIpc) is 2.29. The Bertz CT molecular complexity index is 165. The van der Waals surface area contributed by atoms with E-state index in [1.165, 1.54) is 0 Å². The molecule has 0 rings (SSSR count). The van der Waals surface area contributed by atoms with Gasteiger partial charge in [-0.15, -0.1) is 0 Å². The van der Waals surface area contributed by atoms with Crippen molar-refractivity contribution in [1.82, 2.24) is 5.32 Å². The van der Waals surface area contributed by atoms with E-state index in [4.69, 9.17) is 9.84 Å². The fraction of sp³-hybridized carbons (Fsp3) is 1.00. The van der Waals surface area contributed by atoms with Crippen LogP contribution in [0, 0.1) is 5.92 Å². The molecule has 0 aromatic heterocycles. The van der Waals surface area contributed by atoms with Gasteiger partial charge in [-0.05, 0) is 18.8 Å². The predicted octanol–water partition coefficient (Wildman–Crippen LogP) is 1.16. The lowest BCUT2D eigenvalue weighted by molar-refractivity contribution is 0.0329. The molecule has 4 heteroatoms. The normalized spacial score (nSPS) is 15.2. The maximum atomic E-state index is 9.66. The van der Waals surface area contributed by atoms with Gasteiger partial charge in [-0.3, -0.25) is 0 Å². The van der Waals surface area contributed by atoms with E-state index < -0.39 is 6.10 Å². The Hall–Kier alpha value is -0.160. The smallest absolute Gasteiger partial charge is 0.0897 e. The molecule has 2 unspecified atom stereocenters. The highest BCUT2D eigenvalue weighted by Crippen LogP contribution is 2.04. The molecule has 3 N–H and O–H groups in total. The number of hydrogen-bond donors (Lipinski definition) is 3. The zero-order chi connectivity index (χ0) is 13.1. The largest absolute Gasteiger partial charge is 0.395 e. The third kappa shape index (κ3) is 10.7. The summed E-state index contributed by atoms with van der Waals surface area (Å²) in [6, 6.07) is 0.0697. The van der Waals surface area contributed by atoms with Gasteiger partial charge in [0.2, 0.25) is 0 Å². The molecule has 0 spiro atoms. The Kier molecular flexibility index (Phi) is 10.9. The summed E-state index contributed by atoms with van der Waals surface area (Å²) in [5.74, 6) is 0.539. The van der Waals surface area contributed by atoms with Gasteiger partial charge < -0.3 is 20.3 Å². The summed E-state index contributed by atoms with van der Waals surface area (Å²) in [5, 5.41) is 22.0. The molecule has 0 aliphatic carbocycles. The van der Waals surface area contributed by atoms with Gasteiger partial charge in [-0.2, -0.15) is 0 Å². The fourth-order valence-electron chi connectivity index (χ4n) is 1.62. The minimum absolute atomic E-state index is 0.0697. The highest BCUT2D eigenvalue weighted by Gasteiger charge is 2.11. The molecule has 0 aliphatic rings. The molecule has 0 bridgehead atoms. The molecular formula is C13H29NO3. The third-order valence-corrected chi connectivity index (χ3v) is 2.57. The highest BCUT2D eigenvalue weighted by atomic mass is 16.5. The van der Waals surface area contributed by atoms with Crippen LogP contribution >= 0.6 is 0 Å². The first-order valence-electron chi connectivity index (χ1n) is 6.70. The summed E-state index contributed by atoms with van der Waals surface area (Å²) in [6.07, 6.45) is 2.57. The van der Waals surface area contributed by atoms with Crippen LogP contribution in [0.25, 0.3) is 0 Å². The maximum absolute atomic E-state index is 9.66. The van der Waals surface area contributed by atoms with Crippen LogP contribution in [0.4, 0.5) is 0 Å². The van der Waals surface area contributed by atoms with Crippen molar-refractivity contribution >= 4 is 0 Å². The lowest BCUT2D eigenvalue weighted by Gasteiger charge is -2.20. The van der Waals surface area contributed by atoms with Crippen molar-refractivity contribution in [1.29, 1.82) is 0 Å². The number of aliphatic hydroxyl groups is 2. The zero-order valence-corrected chi connectivity index (χ0v) is 11.5. The summed E-state index contributed by atoms with van der Waals surface area (Å²) in [5.41, 5.74) is 0. The second kappa shape index (κ2) is 11.0.